The first-order valence-electron chi connectivity index (χ1n) is 30.4. The molecule has 10 rings (SSSR count). The fourth-order valence-electron chi connectivity index (χ4n) is 16.4. The molecule has 0 amide bonds. The van der Waals surface area contributed by atoms with Crippen molar-refractivity contribution in [3.63, 3.8) is 0 Å². The molecule has 20 N–H and O–H groups in total. The summed E-state index contributed by atoms with van der Waals surface area (Å²) in [5.41, 5.74) is -3.12. The number of hydrogen-bond acceptors (Lipinski definition) is 33. The van der Waals surface area contributed by atoms with Crippen molar-refractivity contribution in [3.8, 4) is 0 Å². The molecular weight excluding hydrogens is 1200 g/mol. The van der Waals surface area contributed by atoms with Crippen LogP contribution >= 0.6 is 0 Å². The molecule has 6 aliphatic heterocycles. The third-order valence-electron chi connectivity index (χ3n) is 21.3. The second-order valence-corrected chi connectivity index (χ2v) is 26.5. The quantitative estimate of drug-likeness (QED) is 0.0344. The van der Waals surface area contributed by atoms with E-state index < -0.39 is 258 Å². The highest BCUT2D eigenvalue weighted by molar-refractivity contribution is 5.77. The fourth-order valence-corrected chi connectivity index (χ4v) is 16.4. The largest absolute Gasteiger partial charge is 0.432 e. The van der Waals surface area contributed by atoms with Crippen LogP contribution in [0.1, 0.15) is 71.6 Å². The molecular formula is C56H90O33. The molecule has 33 nitrogen and oxygen atoms in total. The SMILES string of the molecule is C=C1C[C@@]23CCC4[C@](C)(C(=O)OC5OC(COC6OC(CO)C(O)C(O)C6O)C(O)C(OC6OC(CO)C(O)C(O)C6O)C5O)CCC[C@@]4(C)[C@@H]2CCC1(OC1OC(CO)C(O)C(OC2OC(CO)C(O)C(O)C2O)C1OC1OC(CO)C(O)C(O)C1O)C3. The van der Waals surface area contributed by atoms with Crippen molar-refractivity contribution >= 4 is 5.97 Å². The van der Waals surface area contributed by atoms with Crippen LogP contribution in [0.4, 0.5) is 0 Å². The van der Waals surface area contributed by atoms with Gasteiger partial charge in [0.15, 0.2) is 31.5 Å². The molecule has 6 saturated heterocycles. The van der Waals surface area contributed by atoms with Crippen LogP contribution in [0.2, 0.25) is 0 Å². The fraction of sp³-hybridized carbons (Fsp3) is 0.946. The van der Waals surface area contributed by atoms with Gasteiger partial charge in [0, 0.05) is 0 Å². The van der Waals surface area contributed by atoms with Crippen molar-refractivity contribution < 1.29 is 164 Å². The van der Waals surface area contributed by atoms with Crippen LogP contribution < -0.4 is 0 Å². The lowest BCUT2D eigenvalue weighted by molar-refractivity contribution is -0.400. The Balaban J connectivity index is 0.892. The molecule has 0 radical (unpaired) electrons. The molecule has 0 aromatic heterocycles. The number of carbonyl (C=O) groups excluding carboxylic acids is 1. The number of fused-ring (bicyclic) bond motifs is 3. The van der Waals surface area contributed by atoms with E-state index >= 15 is 4.79 Å². The predicted molar refractivity (Wildman–Crippen MR) is 284 cm³/mol. The summed E-state index contributed by atoms with van der Waals surface area (Å²) in [5, 5.41) is 214. The Hall–Kier alpha value is -2.03. The summed E-state index contributed by atoms with van der Waals surface area (Å²) in [5.74, 6) is -1.36. The molecule has 512 valence electrons. The molecule has 0 aromatic carbocycles. The Morgan fingerprint density at radius 2 is 0.865 bits per heavy atom. The molecule has 6 heterocycles. The molecule has 0 aromatic rings. The van der Waals surface area contributed by atoms with E-state index in [-0.39, 0.29) is 12.3 Å². The molecule has 36 atom stereocenters. The molecule has 1 spiro atoms. The molecule has 4 saturated carbocycles. The molecule has 4 aliphatic carbocycles. The third kappa shape index (κ3) is 12.4. The van der Waals surface area contributed by atoms with Crippen LogP contribution in [0.3, 0.4) is 0 Å². The number of ether oxygens (including phenoxy) is 12. The van der Waals surface area contributed by atoms with E-state index in [1.54, 1.807) is 6.92 Å². The summed E-state index contributed by atoms with van der Waals surface area (Å²) in [7, 11) is 0. The maximum Gasteiger partial charge on any atom is 0.314 e. The minimum Gasteiger partial charge on any atom is -0.432 e. The van der Waals surface area contributed by atoms with Gasteiger partial charge in [-0.15, -0.1) is 0 Å². The summed E-state index contributed by atoms with van der Waals surface area (Å²) < 4.78 is 71.9. The van der Waals surface area contributed by atoms with E-state index in [4.69, 9.17) is 56.8 Å². The van der Waals surface area contributed by atoms with Crippen LogP contribution in [0.5, 0.6) is 0 Å². The maximum atomic E-state index is 15.2. The van der Waals surface area contributed by atoms with Gasteiger partial charge in [-0.1, -0.05) is 19.9 Å². The topological polar surface area (TPSA) is 532 Å². The van der Waals surface area contributed by atoms with Crippen LogP contribution in [0.15, 0.2) is 12.2 Å². The van der Waals surface area contributed by atoms with Gasteiger partial charge in [0.2, 0.25) is 6.29 Å². The predicted octanol–water partition coefficient (Wildman–Crippen LogP) is -9.47. The van der Waals surface area contributed by atoms with E-state index in [2.05, 4.69) is 13.5 Å². The summed E-state index contributed by atoms with van der Waals surface area (Å²) in [4.78, 5) is 15.2. The lowest BCUT2D eigenvalue weighted by Crippen LogP contribution is -2.68. The summed E-state index contributed by atoms with van der Waals surface area (Å²) in [6.07, 6.45) is -50.8. The molecule has 33 heteroatoms. The van der Waals surface area contributed by atoms with Gasteiger partial charge in [-0.2, -0.15) is 0 Å². The van der Waals surface area contributed by atoms with Gasteiger partial charge in [-0.25, -0.2) is 0 Å². The molecule has 10 fully saturated rings. The van der Waals surface area contributed by atoms with Crippen LogP contribution in [0, 0.1) is 28.1 Å². The van der Waals surface area contributed by atoms with Gasteiger partial charge in [-0.05, 0) is 86.5 Å². The van der Waals surface area contributed by atoms with Gasteiger partial charge in [-0.3, -0.25) is 4.79 Å². The zero-order chi connectivity index (χ0) is 64.7. The highest BCUT2D eigenvalue weighted by Gasteiger charge is 2.70. The highest BCUT2D eigenvalue weighted by Crippen LogP contribution is 2.74. The van der Waals surface area contributed by atoms with Crippen molar-refractivity contribution in [2.45, 2.75) is 261 Å². The zero-order valence-electron chi connectivity index (χ0n) is 49.0. The molecule has 2 bridgehead atoms. The Morgan fingerprint density at radius 1 is 0.449 bits per heavy atom. The first-order chi connectivity index (χ1) is 42.1. The number of carbonyl (C=O) groups is 1. The second kappa shape index (κ2) is 27.2. The maximum absolute atomic E-state index is 15.2. The van der Waals surface area contributed by atoms with Crippen LogP contribution in [-0.2, 0) is 61.6 Å². The number of hydrogen-bond donors (Lipinski definition) is 20. The van der Waals surface area contributed by atoms with E-state index in [9.17, 15) is 102 Å². The summed E-state index contributed by atoms with van der Waals surface area (Å²) in [6.45, 7) is 3.35. The first kappa shape index (κ1) is 69.8. The van der Waals surface area contributed by atoms with Crippen LogP contribution in [-0.4, -0.2) is 338 Å². The minimum absolute atomic E-state index is 0.133. The Labute approximate surface area is 509 Å². The van der Waals surface area contributed by atoms with E-state index in [0.29, 0.717) is 56.9 Å². The normalized spacial score (nSPS) is 54.5. The van der Waals surface area contributed by atoms with Crippen LogP contribution in [0.25, 0.3) is 0 Å². The number of aliphatic hydroxyl groups excluding tert-OH is 20. The highest BCUT2D eigenvalue weighted by atomic mass is 16.8. The summed E-state index contributed by atoms with van der Waals surface area (Å²) in [6, 6.07) is 0. The lowest BCUT2D eigenvalue weighted by Gasteiger charge is -2.64. The van der Waals surface area contributed by atoms with E-state index in [1.807, 2.05) is 0 Å². The number of rotatable bonds is 18. The van der Waals surface area contributed by atoms with E-state index in [1.165, 1.54) is 0 Å². The van der Waals surface area contributed by atoms with Gasteiger partial charge in [0.1, 0.15) is 146 Å². The number of aliphatic hydroxyl groups is 20. The Bertz CT molecular complexity index is 2390. The van der Waals surface area contributed by atoms with Gasteiger partial charge in [0.25, 0.3) is 0 Å². The monoisotopic (exact) mass is 1290 g/mol. The van der Waals surface area contributed by atoms with Crippen molar-refractivity contribution in [2.24, 2.45) is 28.1 Å². The molecule has 89 heavy (non-hydrogen) atoms. The minimum atomic E-state index is -2.09. The Kier molecular flexibility index (Phi) is 21.4. The van der Waals surface area contributed by atoms with Crippen molar-refractivity contribution in [1.29, 1.82) is 0 Å². The number of esters is 1. The molecule has 32 unspecified atom stereocenters. The smallest absolute Gasteiger partial charge is 0.314 e. The standard InChI is InChI=1S/C56H90O33/c1-19-11-55-9-5-26-53(2,7-4-8-54(26,3)52(77)88-50-42(76)43(85-47-39(73)35(69)29(63)21(13-58)80-47)33(67)25(84-50)17-78-46-38(72)34(68)28(62)20(12-57)79-46)27(55)6-10-56(19,18-55)89-51-45(87-49-41(75)37(71)31(65)23(15-60)82-49)44(32(66)24(16-61)83-51)86-48-40(74)36(70)30(64)22(14-59)81-48/h20-51,57-76H,1,4-18H2,2-3H3/t20?,21?,22?,23?,24?,25?,26?,27-,28?,29?,30?,31?,32?,33?,34?,35?,36?,37?,38?,39?,40?,41?,42?,43?,44?,45?,46?,47?,48?,49?,50?,51?,53+,54+,55+,56?/m0/s1. The van der Waals surface area contributed by atoms with Crippen molar-refractivity contribution in [2.75, 3.05) is 39.6 Å². The molecule has 10 aliphatic rings. The van der Waals surface area contributed by atoms with Crippen molar-refractivity contribution in [3.05, 3.63) is 12.2 Å². The lowest BCUT2D eigenvalue weighted by atomic mass is 9.41. The average molecular weight is 1290 g/mol. The third-order valence-corrected chi connectivity index (χ3v) is 21.3. The van der Waals surface area contributed by atoms with Gasteiger partial charge in [0.05, 0.1) is 50.7 Å². The summed E-state index contributed by atoms with van der Waals surface area (Å²) >= 11 is 0. The average Bonchev–Trinajstić information content (AvgIpc) is 1.63. The van der Waals surface area contributed by atoms with Gasteiger partial charge < -0.3 is 159 Å². The van der Waals surface area contributed by atoms with Crippen molar-refractivity contribution in [1.82, 2.24) is 0 Å². The Morgan fingerprint density at radius 3 is 1.37 bits per heavy atom. The second-order valence-electron chi connectivity index (χ2n) is 26.5. The van der Waals surface area contributed by atoms with Gasteiger partial charge >= 0.3 is 5.97 Å². The van der Waals surface area contributed by atoms with E-state index in [0.717, 1.165) is 0 Å². The first-order valence-corrected chi connectivity index (χ1v) is 30.4. The zero-order valence-corrected chi connectivity index (χ0v) is 49.0.